The third-order valence-electron chi connectivity index (χ3n) is 1.64. The van der Waals surface area contributed by atoms with Crippen molar-refractivity contribution in [1.29, 1.82) is 5.26 Å². The predicted octanol–water partition coefficient (Wildman–Crippen LogP) is 2.56. The Morgan fingerprint density at radius 1 is 1.53 bits per heavy atom. The molecule has 0 radical (unpaired) electrons. The highest BCUT2D eigenvalue weighted by atomic mass is 32.2. The molecule has 0 aliphatic carbocycles. The van der Waals surface area contributed by atoms with Gasteiger partial charge in [0.15, 0.2) is 0 Å². The Morgan fingerprint density at radius 3 is 2.67 bits per heavy atom. The highest BCUT2D eigenvalue weighted by molar-refractivity contribution is 7.99. The average molecular weight is 225 g/mol. The van der Waals surface area contributed by atoms with Gasteiger partial charge in [0.25, 0.3) is 0 Å². The number of halogens is 1. The number of benzene rings is 1. The molecule has 0 fully saturated rings. The first-order valence-corrected chi connectivity index (χ1v) is 5.46. The van der Waals surface area contributed by atoms with Crippen LogP contribution in [-0.4, -0.2) is 16.5 Å². The van der Waals surface area contributed by atoms with Crippen molar-refractivity contribution in [3.63, 3.8) is 0 Å². The Labute approximate surface area is 92.7 Å². The lowest BCUT2D eigenvalue weighted by molar-refractivity contribution is 0.107. The number of aliphatic hydroxyl groups is 1. The molecule has 1 N–H and O–H groups in total. The fourth-order valence-corrected chi connectivity index (χ4v) is 1.81. The van der Waals surface area contributed by atoms with Crippen molar-refractivity contribution >= 4 is 11.8 Å². The monoisotopic (exact) mass is 225 g/mol. The lowest BCUT2D eigenvalue weighted by Crippen LogP contribution is -2.21. The maximum atomic E-state index is 13.4. The average Bonchev–Trinajstić information content (AvgIpc) is 2.14. The highest BCUT2D eigenvalue weighted by Gasteiger charge is 2.14. The molecule has 0 saturated carbocycles. The van der Waals surface area contributed by atoms with Crippen LogP contribution in [0.3, 0.4) is 0 Å². The van der Waals surface area contributed by atoms with E-state index >= 15 is 0 Å². The Hall–Kier alpha value is -1.05. The predicted molar refractivity (Wildman–Crippen MR) is 58.1 cm³/mol. The van der Waals surface area contributed by atoms with Crippen LogP contribution in [0.5, 0.6) is 0 Å². The zero-order chi connectivity index (χ0) is 11.5. The smallest absolute Gasteiger partial charge is 0.138 e. The van der Waals surface area contributed by atoms with Crippen LogP contribution in [0.15, 0.2) is 23.1 Å². The van der Waals surface area contributed by atoms with Gasteiger partial charge in [-0.2, -0.15) is 5.26 Å². The van der Waals surface area contributed by atoms with E-state index in [1.807, 2.05) is 6.07 Å². The van der Waals surface area contributed by atoms with Gasteiger partial charge in [-0.25, -0.2) is 4.39 Å². The van der Waals surface area contributed by atoms with E-state index in [0.29, 0.717) is 16.2 Å². The molecule has 4 heteroatoms. The lowest BCUT2D eigenvalue weighted by Gasteiger charge is -2.16. The van der Waals surface area contributed by atoms with Crippen LogP contribution in [0, 0.1) is 17.1 Å². The van der Waals surface area contributed by atoms with Crippen molar-refractivity contribution in [2.75, 3.05) is 5.75 Å². The summed E-state index contributed by atoms with van der Waals surface area (Å²) in [5.41, 5.74) is -0.523. The molecule has 15 heavy (non-hydrogen) atoms. The minimum atomic E-state index is -0.828. The first-order valence-electron chi connectivity index (χ1n) is 4.47. The topological polar surface area (TPSA) is 44.0 Å². The van der Waals surface area contributed by atoms with Crippen molar-refractivity contribution in [2.45, 2.75) is 24.3 Å². The molecule has 0 aromatic heterocycles. The zero-order valence-electron chi connectivity index (χ0n) is 8.62. The third kappa shape index (κ3) is 3.90. The van der Waals surface area contributed by atoms with Gasteiger partial charge < -0.3 is 5.11 Å². The number of nitrogens with zero attached hydrogens (tertiary/aromatic N) is 1. The molecule has 1 rings (SSSR count). The number of rotatable bonds is 3. The standard InChI is InChI=1S/C11H12FNOS/c1-11(2,14)7-15-10-4-3-8(6-13)5-9(10)12/h3-5,14H,7H2,1-2H3. The molecule has 0 aliphatic heterocycles. The summed E-state index contributed by atoms with van der Waals surface area (Å²) in [4.78, 5) is 0.455. The molecular weight excluding hydrogens is 213 g/mol. The maximum Gasteiger partial charge on any atom is 0.138 e. The number of nitriles is 1. The van der Waals surface area contributed by atoms with Crippen molar-refractivity contribution in [3.8, 4) is 6.07 Å². The van der Waals surface area contributed by atoms with Gasteiger partial charge in [0.2, 0.25) is 0 Å². The van der Waals surface area contributed by atoms with Gasteiger partial charge in [-0.3, -0.25) is 0 Å². The summed E-state index contributed by atoms with van der Waals surface area (Å²) in [6.07, 6.45) is 0. The largest absolute Gasteiger partial charge is 0.390 e. The fraction of sp³-hybridized carbons (Fsp3) is 0.364. The van der Waals surface area contributed by atoms with Crippen LogP contribution >= 0.6 is 11.8 Å². The molecule has 1 aromatic carbocycles. The van der Waals surface area contributed by atoms with Crippen LogP contribution in [0.1, 0.15) is 19.4 Å². The van der Waals surface area contributed by atoms with Gasteiger partial charge in [-0.05, 0) is 32.0 Å². The van der Waals surface area contributed by atoms with E-state index in [2.05, 4.69) is 0 Å². The molecule has 2 nitrogen and oxygen atoms in total. The number of thioether (sulfide) groups is 1. The second-order valence-electron chi connectivity index (χ2n) is 3.86. The van der Waals surface area contributed by atoms with E-state index in [1.54, 1.807) is 26.0 Å². The summed E-state index contributed by atoms with van der Waals surface area (Å²) in [5.74, 6) is -0.00109. The summed E-state index contributed by atoms with van der Waals surface area (Å²) in [5, 5.41) is 18.0. The van der Waals surface area contributed by atoms with Gasteiger partial charge in [0.1, 0.15) is 5.82 Å². The molecule has 0 saturated heterocycles. The number of hydrogen-bond acceptors (Lipinski definition) is 3. The van der Waals surface area contributed by atoms with E-state index in [4.69, 9.17) is 5.26 Å². The second kappa shape index (κ2) is 4.65. The van der Waals surface area contributed by atoms with Gasteiger partial charge in [0, 0.05) is 10.6 Å². The normalized spacial score (nSPS) is 11.1. The summed E-state index contributed by atoms with van der Waals surface area (Å²) in [6.45, 7) is 3.34. The third-order valence-corrected chi connectivity index (χ3v) is 3.13. The lowest BCUT2D eigenvalue weighted by atomic mass is 10.2. The molecule has 0 unspecified atom stereocenters. The maximum absolute atomic E-state index is 13.4. The highest BCUT2D eigenvalue weighted by Crippen LogP contribution is 2.25. The van der Waals surface area contributed by atoms with Crippen molar-refractivity contribution in [1.82, 2.24) is 0 Å². The van der Waals surface area contributed by atoms with E-state index in [9.17, 15) is 9.50 Å². The van der Waals surface area contributed by atoms with Crippen molar-refractivity contribution in [2.24, 2.45) is 0 Å². The molecule has 0 bridgehead atoms. The van der Waals surface area contributed by atoms with Crippen LogP contribution in [0.25, 0.3) is 0 Å². The van der Waals surface area contributed by atoms with Gasteiger partial charge in [-0.1, -0.05) is 0 Å². The quantitative estimate of drug-likeness (QED) is 0.804. The number of hydrogen-bond donors (Lipinski definition) is 1. The molecular formula is C11H12FNOS. The molecule has 80 valence electrons. The molecule has 1 aromatic rings. The van der Waals surface area contributed by atoms with E-state index in [1.165, 1.54) is 17.8 Å². The Morgan fingerprint density at radius 2 is 2.20 bits per heavy atom. The Kier molecular flexibility index (Phi) is 3.72. The minimum absolute atomic E-state index is 0.306. The summed E-state index contributed by atoms with van der Waals surface area (Å²) in [6, 6.07) is 6.19. The first-order chi connectivity index (χ1) is 6.92. The van der Waals surface area contributed by atoms with Gasteiger partial charge in [0.05, 0.1) is 17.2 Å². The molecule has 0 spiro atoms. The summed E-state index contributed by atoms with van der Waals surface area (Å²) in [7, 11) is 0. The van der Waals surface area contributed by atoms with Gasteiger partial charge in [-0.15, -0.1) is 11.8 Å². The van der Waals surface area contributed by atoms with Crippen LogP contribution in [-0.2, 0) is 0 Å². The summed E-state index contributed by atoms with van der Waals surface area (Å²) >= 11 is 1.24. The molecule has 0 amide bonds. The van der Waals surface area contributed by atoms with Crippen LogP contribution in [0.2, 0.25) is 0 Å². The van der Waals surface area contributed by atoms with Crippen LogP contribution in [0.4, 0.5) is 4.39 Å². The van der Waals surface area contributed by atoms with Crippen molar-refractivity contribution < 1.29 is 9.50 Å². The summed E-state index contributed by atoms with van der Waals surface area (Å²) < 4.78 is 13.4. The van der Waals surface area contributed by atoms with E-state index < -0.39 is 11.4 Å². The first kappa shape index (κ1) is 12.0. The zero-order valence-corrected chi connectivity index (χ0v) is 9.44. The second-order valence-corrected chi connectivity index (χ2v) is 4.88. The molecule has 0 atom stereocenters. The van der Waals surface area contributed by atoms with Crippen molar-refractivity contribution in [3.05, 3.63) is 29.6 Å². The molecule has 0 aliphatic rings. The van der Waals surface area contributed by atoms with E-state index in [0.717, 1.165) is 0 Å². The van der Waals surface area contributed by atoms with Gasteiger partial charge >= 0.3 is 0 Å². The SMILES string of the molecule is CC(C)(O)CSc1ccc(C#N)cc1F. The Bertz CT molecular complexity index is 393. The minimum Gasteiger partial charge on any atom is -0.390 e. The fourth-order valence-electron chi connectivity index (χ4n) is 0.942. The molecule has 0 heterocycles. The Balaban J connectivity index is 2.76. The van der Waals surface area contributed by atoms with E-state index in [-0.39, 0.29) is 0 Å². The van der Waals surface area contributed by atoms with Crippen LogP contribution < -0.4 is 0 Å².